The van der Waals surface area contributed by atoms with Crippen molar-refractivity contribution in [2.24, 2.45) is 0 Å². The van der Waals surface area contributed by atoms with Gasteiger partial charge in [0.15, 0.2) is 0 Å². The van der Waals surface area contributed by atoms with Crippen molar-refractivity contribution in [2.75, 3.05) is 13.2 Å². The van der Waals surface area contributed by atoms with E-state index in [1.54, 1.807) is 6.08 Å². The molecule has 1 saturated heterocycles. The standard InChI is InChI=1S/C17H19NO4S2/c1-2-10-22-13-7-5-12(6-8-13)11-14-16(21)18(17(23)24-14)9-3-4-15(19)20/h5-8,11H,2-4,9-10H2,1H3,(H,19,20)/b14-11+. The maximum atomic E-state index is 12.4. The molecule has 0 aromatic heterocycles. The SMILES string of the molecule is CCCOc1ccc(/C=C2/SC(=S)N(CCCC(=O)O)C2=O)cc1. The molecule has 1 heterocycles. The van der Waals surface area contributed by atoms with E-state index in [0.717, 1.165) is 17.7 Å². The Morgan fingerprint density at radius 1 is 1.38 bits per heavy atom. The van der Waals surface area contributed by atoms with E-state index in [-0.39, 0.29) is 12.3 Å². The number of nitrogens with zero attached hydrogens (tertiary/aromatic N) is 1. The highest BCUT2D eigenvalue weighted by Gasteiger charge is 2.31. The fourth-order valence-corrected chi connectivity index (χ4v) is 3.42. The molecule has 1 amide bonds. The summed E-state index contributed by atoms with van der Waals surface area (Å²) in [6.45, 7) is 3.05. The largest absolute Gasteiger partial charge is 0.494 e. The summed E-state index contributed by atoms with van der Waals surface area (Å²) in [6, 6.07) is 7.52. The van der Waals surface area contributed by atoms with Gasteiger partial charge in [-0.2, -0.15) is 0 Å². The van der Waals surface area contributed by atoms with Gasteiger partial charge in [-0.1, -0.05) is 43.0 Å². The molecule has 0 radical (unpaired) electrons. The van der Waals surface area contributed by atoms with Gasteiger partial charge in [-0.15, -0.1) is 0 Å². The number of hydrogen-bond acceptors (Lipinski definition) is 5. The highest BCUT2D eigenvalue weighted by atomic mass is 32.2. The number of thiocarbonyl (C=S) groups is 1. The highest BCUT2D eigenvalue weighted by molar-refractivity contribution is 8.26. The van der Waals surface area contributed by atoms with E-state index in [1.165, 1.54) is 16.7 Å². The van der Waals surface area contributed by atoms with Crippen LogP contribution in [-0.4, -0.2) is 39.4 Å². The monoisotopic (exact) mass is 365 g/mol. The Balaban J connectivity index is 2.01. The Bertz CT molecular complexity index is 655. The number of ether oxygens (including phenoxy) is 1. The zero-order chi connectivity index (χ0) is 17.5. The summed E-state index contributed by atoms with van der Waals surface area (Å²) in [5.41, 5.74) is 0.893. The molecular weight excluding hydrogens is 346 g/mol. The Morgan fingerprint density at radius 3 is 2.71 bits per heavy atom. The average Bonchev–Trinajstić information content (AvgIpc) is 2.81. The zero-order valence-electron chi connectivity index (χ0n) is 13.4. The number of carboxylic acids is 1. The first kappa shape index (κ1) is 18.5. The van der Waals surface area contributed by atoms with E-state index >= 15 is 0 Å². The molecule has 0 aliphatic carbocycles. The van der Waals surface area contributed by atoms with Crippen LogP contribution in [0.5, 0.6) is 5.75 Å². The molecule has 1 aromatic carbocycles. The van der Waals surface area contributed by atoms with Crippen LogP contribution in [-0.2, 0) is 9.59 Å². The van der Waals surface area contributed by atoms with Crippen molar-refractivity contribution >= 4 is 46.3 Å². The van der Waals surface area contributed by atoms with Gasteiger partial charge in [-0.05, 0) is 36.6 Å². The van der Waals surface area contributed by atoms with Crippen LogP contribution in [0.3, 0.4) is 0 Å². The second-order valence-corrected chi connectivity index (χ2v) is 6.92. The fourth-order valence-electron chi connectivity index (χ4n) is 2.11. The Labute approximate surface area is 150 Å². The van der Waals surface area contributed by atoms with Gasteiger partial charge in [-0.3, -0.25) is 14.5 Å². The number of hydrogen-bond donors (Lipinski definition) is 1. The van der Waals surface area contributed by atoms with Crippen LogP contribution < -0.4 is 4.74 Å². The van der Waals surface area contributed by atoms with E-state index in [4.69, 9.17) is 22.1 Å². The number of thioether (sulfide) groups is 1. The average molecular weight is 365 g/mol. The van der Waals surface area contributed by atoms with Crippen molar-refractivity contribution in [3.63, 3.8) is 0 Å². The van der Waals surface area contributed by atoms with Gasteiger partial charge in [0.1, 0.15) is 10.1 Å². The predicted octanol–water partition coefficient (Wildman–Crippen LogP) is 3.54. The number of aliphatic carboxylic acids is 1. The molecule has 1 aromatic rings. The topological polar surface area (TPSA) is 66.8 Å². The molecule has 1 fully saturated rings. The van der Waals surface area contributed by atoms with Gasteiger partial charge in [0.05, 0.1) is 11.5 Å². The molecular formula is C17H19NO4S2. The molecule has 1 aliphatic heterocycles. The maximum absolute atomic E-state index is 12.4. The molecule has 1 aliphatic rings. The van der Waals surface area contributed by atoms with Crippen molar-refractivity contribution < 1.29 is 19.4 Å². The summed E-state index contributed by atoms with van der Waals surface area (Å²) in [4.78, 5) is 25.0. The number of carbonyl (C=O) groups excluding carboxylic acids is 1. The van der Waals surface area contributed by atoms with Crippen LogP contribution in [0, 0.1) is 0 Å². The Morgan fingerprint density at radius 2 is 2.08 bits per heavy atom. The molecule has 2 rings (SSSR count). The highest BCUT2D eigenvalue weighted by Crippen LogP contribution is 2.32. The molecule has 128 valence electrons. The number of carboxylic acid groups (broad SMARTS) is 1. The van der Waals surface area contributed by atoms with Crippen molar-refractivity contribution in [2.45, 2.75) is 26.2 Å². The first-order valence-electron chi connectivity index (χ1n) is 7.71. The molecule has 7 heteroatoms. The zero-order valence-corrected chi connectivity index (χ0v) is 15.0. The van der Waals surface area contributed by atoms with Gasteiger partial charge in [-0.25, -0.2) is 0 Å². The van der Waals surface area contributed by atoms with Crippen molar-refractivity contribution in [1.29, 1.82) is 0 Å². The number of amides is 1. The quantitative estimate of drug-likeness (QED) is 0.561. The predicted molar refractivity (Wildman–Crippen MR) is 99.0 cm³/mol. The van der Waals surface area contributed by atoms with Gasteiger partial charge >= 0.3 is 5.97 Å². The van der Waals surface area contributed by atoms with Crippen molar-refractivity contribution in [3.8, 4) is 5.75 Å². The lowest BCUT2D eigenvalue weighted by Gasteiger charge is -2.13. The summed E-state index contributed by atoms with van der Waals surface area (Å²) >= 11 is 6.46. The molecule has 0 saturated carbocycles. The third kappa shape index (κ3) is 5.07. The van der Waals surface area contributed by atoms with Crippen LogP contribution in [0.2, 0.25) is 0 Å². The van der Waals surface area contributed by atoms with Crippen LogP contribution in [0.25, 0.3) is 6.08 Å². The minimum absolute atomic E-state index is 0.0231. The van der Waals surface area contributed by atoms with E-state index in [0.29, 0.717) is 28.8 Å². The summed E-state index contributed by atoms with van der Waals surface area (Å²) in [5, 5.41) is 8.68. The van der Waals surface area contributed by atoms with Gasteiger partial charge in [0.2, 0.25) is 0 Å². The molecule has 5 nitrogen and oxygen atoms in total. The van der Waals surface area contributed by atoms with E-state index in [1.807, 2.05) is 31.2 Å². The Kier molecular flexibility index (Phi) is 6.81. The van der Waals surface area contributed by atoms with E-state index in [9.17, 15) is 9.59 Å². The molecule has 0 atom stereocenters. The lowest BCUT2D eigenvalue weighted by Crippen LogP contribution is -2.29. The number of carbonyl (C=O) groups is 2. The normalized spacial score (nSPS) is 16.0. The number of rotatable bonds is 8. The molecule has 24 heavy (non-hydrogen) atoms. The lowest BCUT2D eigenvalue weighted by molar-refractivity contribution is -0.137. The van der Waals surface area contributed by atoms with Gasteiger partial charge in [0, 0.05) is 13.0 Å². The van der Waals surface area contributed by atoms with E-state index < -0.39 is 5.97 Å². The summed E-state index contributed by atoms with van der Waals surface area (Å²) in [7, 11) is 0. The summed E-state index contributed by atoms with van der Waals surface area (Å²) in [6.07, 6.45) is 3.15. The Hall–Kier alpha value is -1.86. The van der Waals surface area contributed by atoms with Crippen molar-refractivity contribution in [1.82, 2.24) is 4.90 Å². The molecule has 1 N–H and O–H groups in total. The summed E-state index contributed by atoms with van der Waals surface area (Å²) < 4.78 is 6.00. The fraction of sp³-hybridized carbons (Fsp3) is 0.353. The third-order valence-corrected chi connectivity index (χ3v) is 4.67. The van der Waals surface area contributed by atoms with Crippen LogP contribution in [0.15, 0.2) is 29.2 Å². The van der Waals surface area contributed by atoms with Gasteiger partial charge < -0.3 is 9.84 Å². The van der Waals surface area contributed by atoms with E-state index in [2.05, 4.69) is 0 Å². The summed E-state index contributed by atoms with van der Waals surface area (Å²) in [5.74, 6) is -0.238. The third-order valence-electron chi connectivity index (χ3n) is 3.30. The minimum atomic E-state index is -0.874. The van der Waals surface area contributed by atoms with Crippen LogP contribution in [0.4, 0.5) is 0 Å². The lowest BCUT2D eigenvalue weighted by atomic mass is 10.2. The molecule has 0 bridgehead atoms. The van der Waals surface area contributed by atoms with Crippen molar-refractivity contribution in [3.05, 3.63) is 34.7 Å². The molecule has 0 spiro atoms. The first-order valence-corrected chi connectivity index (χ1v) is 8.93. The number of benzene rings is 1. The van der Waals surface area contributed by atoms with Gasteiger partial charge in [0.25, 0.3) is 5.91 Å². The minimum Gasteiger partial charge on any atom is -0.494 e. The first-order chi connectivity index (χ1) is 11.5. The van der Waals surface area contributed by atoms with Crippen LogP contribution >= 0.6 is 24.0 Å². The smallest absolute Gasteiger partial charge is 0.303 e. The molecule has 0 unspecified atom stereocenters. The second-order valence-electron chi connectivity index (χ2n) is 5.25. The maximum Gasteiger partial charge on any atom is 0.303 e. The second kappa shape index (κ2) is 8.84. The van der Waals surface area contributed by atoms with Crippen LogP contribution in [0.1, 0.15) is 31.7 Å².